The Labute approximate surface area is 110 Å². The van der Waals surface area contributed by atoms with E-state index >= 15 is 0 Å². The Balaban J connectivity index is 2.23. The lowest BCUT2D eigenvalue weighted by Gasteiger charge is -2.12. The van der Waals surface area contributed by atoms with E-state index in [9.17, 15) is 4.39 Å². The van der Waals surface area contributed by atoms with Gasteiger partial charge in [0.25, 0.3) is 0 Å². The molecule has 5 heteroatoms. The zero-order chi connectivity index (χ0) is 13.3. The molecule has 0 aliphatic heterocycles. The highest BCUT2D eigenvalue weighted by atomic mass is 35.5. The minimum absolute atomic E-state index is 0.281. The van der Waals surface area contributed by atoms with Crippen molar-refractivity contribution in [1.82, 2.24) is 9.78 Å². The van der Waals surface area contributed by atoms with Crippen LogP contribution in [-0.2, 0) is 13.5 Å². The van der Waals surface area contributed by atoms with Gasteiger partial charge in [-0.15, -0.1) is 0 Å². The van der Waals surface area contributed by atoms with E-state index in [0.717, 1.165) is 11.3 Å². The molecule has 0 bridgehead atoms. The molecule has 0 aliphatic rings. The SMILES string of the molecule is Cc1c(C(N)Cc2cc(Cl)ccc2F)cnn1C. The monoisotopic (exact) mass is 267 g/mol. The topological polar surface area (TPSA) is 43.8 Å². The standard InChI is InChI=1S/C13H15ClFN3/c1-8-11(7-17-18(8)2)13(16)6-9-5-10(14)3-4-12(9)15/h3-5,7,13H,6,16H2,1-2H3. The molecule has 0 spiro atoms. The van der Waals surface area contributed by atoms with Crippen LogP contribution in [0.15, 0.2) is 24.4 Å². The van der Waals surface area contributed by atoms with Gasteiger partial charge in [-0.1, -0.05) is 11.6 Å². The van der Waals surface area contributed by atoms with Crippen molar-refractivity contribution >= 4 is 11.6 Å². The predicted molar refractivity (Wildman–Crippen MR) is 70.0 cm³/mol. The average Bonchev–Trinajstić information content (AvgIpc) is 2.65. The van der Waals surface area contributed by atoms with Crippen LogP contribution in [0, 0.1) is 12.7 Å². The minimum Gasteiger partial charge on any atom is -0.324 e. The Morgan fingerprint density at radius 3 is 2.83 bits per heavy atom. The number of halogens is 2. The minimum atomic E-state index is -0.285. The second kappa shape index (κ2) is 5.08. The summed E-state index contributed by atoms with van der Waals surface area (Å²) in [5, 5.41) is 4.65. The van der Waals surface area contributed by atoms with Crippen LogP contribution >= 0.6 is 11.6 Å². The first-order valence-corrected chi connectivity index (χ1v) is 6.05. The zero-order valence-electron chi connectivity index (χ0n) is 10.3. The van der Waals surface area contributed by atoms with Gasteiger partial charge in [-0.25, -0.2) is 4.39 Å². The van der Waals surface area contributed by atoms with Gasteiger partial charge in [0.1, 0.15) is 5.82 Å². The number of aryl methyl sites for hydroxylation is 1. The molecule has 2 aromatic rings. The summed E-state index contributed by atoms with van der Waals surface area (Å²) in [7, 11) is 1.85. The summed E-state index contributed by atoms with van der Waals surface area (Å²) >= 11 is 5.86. The first-order chi connectivity index (χ1) is 8.49. The van der Waals surface area contributed by atoms with Crippen molar-refractivity contribution in [1.29, 1.82) is 0 Å². The molecule has 96 valence electrons. The fourth-order valence-corrected chi connectivity index (χ4v) is 2.12. The van der Waals surface area contributed by atoms with E-state index in [1.165, 1.54) is 12.1 Å². The lowest BCUT2D eigenvalue weighted by Crippen LogP contribution is -2.15. The van der Waals surface area contributed by atoms with Crippen LogP contribution in [0.25, 0.3) is 0 Å². The summed E-state index contributed by atoms with van der Waals surface area (Å²) in [6, 6.07) is 4.22. The quantitative estimate of drug-likeness (QED) is 0.929. The Bertz CT molecular complexity index is 565. The summed E-state index contributed by atoms with van der Waals surface area (Å²) in [4.78, 5) is 0. The third-order valence-corrected chi connectivity index (χ3v) is 3.36. The molecule has 3 nitrogen and oxygen atoms in total. The molecule has 0 saturated heterocycles. The Hall–Kier alpha value is -1.39. The smallest absolute Gasteiger partial charge is 0.126 e. The molecule has 1 atom stereocenters. The van der Waals surface area contributed by atoms with Crippen LogP contribution in [0.2, 0.25) is 5.02 Å². The lowest BCUT2D eigenvalue weighted by atomic mass is 10.00. The molecule has 0 radical (unpaired) electrons. The van der Waals surface area contributed by atoms with Gasteiger partial charge >= 0.3 is 0 Å². The zero-order valence-corrected chi connectivity index (χ0v) is 11.1. The molecule has 18 heavy (non-hydrogen) atoms. The molecule has 0 fully saturated rings. The molecule has 1 aromatic heterocycles. The maximum atomic E-state index is 13.6. The van der Waals surface area contributed by atoms with Gasteiger partial charge in [0.15, 0.2) is 0 Å². The van der Waals surface area contributed by atoms with E-state index in [-0.39, 0.29) is 11.9 Å². The van der Waals surface area contributed by atoms with E-state index in [2.05, 4.69) is 5.10 Å². The molecule has 0 amide bonds. The molecule has 1 aromatic carbocycles. The van der Waals surface area contributed by atoms with Gasteiger partial charge in [-0.2, -0.15) is 5.10 Å². The van der Waals surface area contributed by atoms with E-state index in [1.807, 2.05) is 14.0 Å². The summed E-state index contributed by atoms with van der Waals surface area (Å²) in [6.45, 7) is 1.94. The fourth-order valence-electron chi connectivity index (χ4n) is 1.93. The van der Waals surface area contributed by atoms with Crippen molar-refractivity contribution in [3.8, 4) is 0 Å². The molecule has 0 saturated carbocycles. The summed E-state index contributed by atoms with van der Waals surface area (Å²) in [5.41, 5.74) is 8.54. The molecule has 0 aliphatic carbocycles. The normalized spacial score (nSPS) is 12.7. The van der Waals surface area contributed by atoms with Crippen molar-refractivity contribution in [2.45, 2.75) is 19.4 Å². The molecule has 1 heterocycles. The summed E-state index contributed by atoms with van der Waals surface area (Å²) in [5.74, 6) is -0.281. The van der Waals surface area contributed by atoms with Crippen molar-refractivity contribution in [2.24, 2.45) is 12.8 Å². The Morgan fingerprint density at radius 2 is 2.22 bits per heavy atom. The second-order valence-corrected chi connectivity index (χ2v) is 4.79. The number of rotatable bonds is 3. The number of hydrogen-bond donors (Lipinski definition) is 1. The van der Waals surface area contributed by atoms with Gasteiger partial charge in [-0.3, -0.25) is 4.68 Å². The summed E-state index contributed by atoms with van der Waals surface area (Å²) in [6.07, 6.45) is 2.13. The Kier molecular flexibility index (Phi) is 3.68. The van der Waals surface area contributed by atoms with Gasteiger partial charge in [0, 0.05) is 29.4 Å². The maximum absolute atomic E-state index is 13.6. The number of aromatic nitrogens is 2. The average molecular weight is 268 g/mol. The fraction of sp³-hybridized carbons (Fsp3) is 0.308. The van der Waals surface area contributed by atoms with Gasteiger partial charge in [0.2, 0.25) is 0 Å². The molecule has 2 rings (SSSR count). The number of nitrogens with two attached hydrogens (primary N) is 1. The highest BCUT2D eigenvalue weighted by Crippen LogP contribution is 2.22. The largest absolute Gasteiger partial charge is 0.324 e. The number of benzene rings is 1. The van der Waals surface area contributed by atoms with Crippen LogP contribution in [0.1, 0.15) is 22.9 Å². The van der Waals surface area contributed by atoms with Crippen molar-refractivity contribution < 1.29 is 4.39 Å². The van der Waals surface area contributed by atoms with Crippen molar-refractivity contribution in [3.63, 3.8) is 0 Å². The van der Waals surface area contributed by atoms with Gasteiger partial charge in [0.05, 0.1) is 6.20 Å². The molecular formula is C13H15ClFN3. The van der Waals surface area contributed by atoms with Crippen molar-refractivity contribution in [3.05, 3.63) is 52.1 Å². The molecule has 1 unspecified atom stereocenters. The van der Waals surface area contributed by atoms with Crippen molar-refractivity contribution in [2.75, 3.05) is 0 Å². The van der Waals surface area contributed by atoms with E-state index in [0.29, 0.717) is 17.0 Å². The van der Waals surface area contributed by atoms with Crippen LogP contribution < -0.4 is 5.73 Å². The van der Waals surface area contributed by atoms with E-state index in [1.54, 1.807) is 16.9 Å². The first kappa shape index (κ1) is 13.1. The third-order valence-electron chi connectivity index (χ3n) is 3.12. The summed E-state index contributed by atoms with van der Waals surface area (Å²) < 4.78 is 15.4. The number of hydrogen-bond acceptors (Lipinski definition) is 2. The molecular weight excluding hydrogens is 253 g/mol. The van der Waals surface area contributed by atoms with Gasteiger partial charge < -0.3 is 5.73 Å². The van der Waals surface area contributed by atoms with Crippen LogP contribution in [0.3, 0.4) is 0 Å². The van der Waals surface area contributed by atoms with Crippen LogP contribution in [0.5, 0.6) is 0 Å². The number of nitrogens with zero attached hydrogens (tertiary/aromatic N) is 2. The first-order valence-electron chi connectivity index (χ1n) is 5.67. The van der Waals surface area contributed by atoms with Crippen LogP contribution in [-0.4, -0.2) is 9.78 Å². The van der Waals surface area contributed by atoms with E-state index < -0.39 is 0 Å². The third kappa shape index (κ3) is 2.54. The van der Waals surface area contributed by atoms with Gasteiger partial charge in [-0.05, 0) is 37.1 Å². The maximum Gasteiger partial charge on any atom is 0.126 e. The van der Waals surface area contributed by atoms with E-state index in [4.69, 9.17) is 17.3 Å². The lowest BCUT2D eigenvalue weighted by molar-refractivity contribution is 0.592. The Morgan fingerprint density at radius 1 is 1.50 bits per heavy atom. The highest BCUT2D eigenvalue weighted by Gasteiger charge is 2.15. The second-order valence-electron chi connectivity index (χ2n) is 4.36. The molecule has 2 N–H and O–H groups in total. The highest BCUT2D eigenvalue weighted by molar-refractivity contribution is 6.30. The van der Waals surface area contributed by atoms with Crippen LogP contribution in [0.4, 0.5) is 4.39 Å². The predicted octanol–water partition coefficient (Wildman–Crippen LogP) is 2.76.